The highest BCUT2D eigenvalue weighted by Gasteiger charge is 2.48. The van der Waals surface area contributed by atoms with E-state index in [1.165, 1.54) is 12.1 Å². The molecule has 400 valence electrons. The Bertz CT molecular complexity index is 2840. The van der Waals surface area contributed by atoms with Crippen molar-refractivity contribution < 1.29 is 37.5 Å². The molecule has 17 heteroatoms. The number of carbonyl (C=O) groups excluding carboxylic acids is 5. The largest absolute Gasteiger partial charge is 0.372 e. The van der Waals surface area contributed by atoms with E-state index in [1.807, 2.05) is 28.9 Å². The summed E-state index contributed by atoms with van der Waals surface area (Å²) in [6.45, 7) is 9.09. The van der Waals surface area contributed by atoms with Gasteiger partial charge in [-0.2, -0.15) is 5.10 Å². The van der Waals surface area contributed by atoms with Gasteiger partial charge in [0.05, 0.1) is 40.5 Å². The molecule has 4 aromatic rings. The number of ether oxygens (including phenoxy) is 1. The third kappa shape index (κ3) is 11.7. The standard InChI is InChI=1S/C58H72F2N8O7/c1-57(21-22-57)56(74)68-25-9-12-40(36-68)42-15-8-16-45(50(42)60)52(70)61-51(39-10-4-3-5-11-39)55(73)66-28-23-58(2,24-29-66)75-41-19-26-64(27-20-41)37-49(69)65-30-32-67(33-31-65)54(72)46-34-38(17-18-47(46)59)35-48-43-13-6-7-14-44(43)53(71)63-62-48/h6-8,13-18,34,39-41,51H,3-5,9-12,19-33,35-37H2,1-2H3,(H,61,70)(H,63,71)/t40?,51-/m1/s1. The molecule has 2 N–H and O–H groups in total. The number of likely N-dealkylation sites (tertiary alicyclic amines) is 3. The van der Waals surface area contributed by atoms with Crippen LogP contribution in [-0.4, -0.2) is 154 Å². The molecule has 6 fully saturated rings. The zero-order valence-electron chi connectivity index (χ0n) is 43.6. The lowest BCUT2D eigenvalue weighted by Crippen LogP contribution is -2.56. The van der Waals surface area contributed by atoms with Gasteiger partial charge < -0.3 is 29.7 Å². The molecule has 2 saturated carbocycles. The minimum Gasteiger partial charge on any atom is -0.372 e. The molecule has 15 nitrogen and oxygen atoms in total. The van der Waals surface area contributed by atoms with E-state index in [1.54, 1.807) is 46.2 Å². The van der Waals surface area contributed by atoms with Crippen molar-refractivity contribution in [2.24, 2.45) is 11.3 Å². The summed E-state index contributed by atoms with van der Waals surface area (Å²) in [4.78, 5) is 90.4. The molecule has 75 heavy (non-hydrogen) atoms. The van der Waals surface area contributed by atoms with E-state index in [2.05, 4.69) is 27.3 Å². The number of nitrogens with zero attached hydrogens (tertiary/aromatic N) is 6. The molecule has 0 spiro atoms. The summed E-state index contributed by atoms with van der Waals surface area (Å²) in [7, 11) is 0. The van der Waals surface area contributed by atoms with E-state index in [0.717, 1.165) is 70.6 Å². The minimum absolute atomic E-state index is 0.00276. The van der Waals surface area contributed by atoms with Gasteiger partial charge in [0.15, 0.2) is 0 Å². The topological polar surface area (TPSA) is 169 Å². The summed E-state index contributed by atoms with van der Waals surface area (Å²) in [5.74, 6) is -2.44. The fourth-order valence-corrected chi connectivity index (χ4v) is 12.4. The number of carbonyl (C=O) groups is 5. The first-order valence-corrected chi connectivity index (χ1v) is 27.5. The number of piperidine rings is 3. The summed E-state index contributed by atoms with van der Waals surface area (Å²) in [5.41, 5.74) is 0.607. The van der Waals surface area contributed by atoms with Crippen molar-refractivity contribution in [2.45, 2.75) is 127 Å². The van der Waals surface area contributed by atoms with Crippen LogP contribution in [0, 0.1) is 23.0 Å². The number of halogens is 2. The molecule has 4 aliphatic heterocycles. The Morgan fingerprint density at radius 3 is 2.16 bits per heavy atom. The summed E-state index contributed by atoms with van der Waals surface area (Å²) in [5, 5.41) is 11.0. The van der Waals surface area contributed by atoms with Gasteiger partial charge in [0.1, 0.15) is 17.7 Å². The molecule has 3 aromatic carbocycles. The number of hydrogen-bond acceptors (Lipinski definition) is 9. The predicted octanol–water partition coefficient (Wildman–Crippen LogP) is 6.82. The van der Waals surface area contributed by atoms with E-state index in [-0.39, 0.29) is 77.4 Å². The van der Waals surface area contributed by atoms with Gasteiger partial charge in [0.25, 0.3) is 17.4 Å². The molecule has 5 heterocycles. The highest BCUT2D eigenvalue weighted by molar-refractivity contribution is 5.98. The number of aromatic nitrogens is 2. The molecule has 5 amide bonds. The number of rotatable bonds is 13. The number of H-pyrrole nitrogens is 1. The second kappa shape index (κ2) is 22.3. The van der Waals surface area contributed by atoms with Crippen molar-refractivity contribution in [3.05, 3.63) is 111 Å². The van der Waals surface area contributed by atoms with Crippen LogP contribution in [0.4, 0.5) is 8.78 Å². The molecule has 6 aliphatic rings. The van der Waals surface area contributed by atoms with Crippen LogP contribution in [0.5, 0.6) is 0 Å². The Morgan fingerprint density at radius 2 is 1.44 bits per heavy atom. The first-order chi connectivity index (χ1) is 36.1. The minimum atomic E-state index is -0.763. The van der Waals surface area contributed by atoms with Gasteiger partial charge in [0.2, 0.25) is 17.7 Å². The van der Waals surface area contributed by atoms with E-state index in [9.17, 15) is 28.8 Å². The third-order valence-electron chi connectivity index (χ3n) is 17.4. The number of amides is 5. The highest BCUT2D eigenvalue weighted by atomic mass is 19.1. The van der Waals surface area contributed by atoms with Crippen LogP contribution in [-0.2, 0) is 25.5 Å². The lowest BCUT2D eigenvalue weighted by atomic mass is 9.82. The molecule has 2 atom stereocenters. The number of fused-ring (bicyclic) bond motifs is 1. The van der Waals surface area contributed by atoms with Gasteiger partial charge >= 0.3 is 0 Å². The van der Waals surface area contributed by atoms with E-state index < -0.39 is 35.1 Å². The van der Waals surface area contributed by atoms with Gasteiger partial charge in [-0.25, -0.2) is 13.9 Å². The van der Waals surface area contributed by atoms with Gasteiger partial charge in [-0.05, 0) is 112 Å². The molecule has 1 unspecified atom stereocenters. The molecule has 4 saturated heterocycles. The quantitative estimate of drug-likeness (QED) is 0.146. The maximum atomic E-state index is 16.4. The zero-order chi connectivity index (χ0) is 52.4. The fourth-order valence-electron chi connectivity index (χ4n) is 12.4. The molecular weight excluding hydrogens is 959 g/mol. The second-order valence-corrected chi connectivity index (χ2v) is 22.8. The summed E-state index contributed by atoms with van der Waals surface area (Å²) >= 11 is 0. The number of benzene rings is 3. The second-order valence-electron chi connectivity index (χ2n) is 22.8. The van der Waals surface area contributed by atoms with Crippen LogP contribution < -0.4 is 10.9 Å². The lowest BCUT2D eigenvalue weighted by molar-refractivity contribution is -0.150. The predicted molar refractivity (Wildman–Crippen MR) is 279 cm³/mol. The van der Waals surface area contributed by atoms with Crippen molar-refractivity contribution in [3.63, 3.8) is 0 Å². The van der Waals surface area contributed by atoms with Gasteiger partial charge in [-0.15, -0.1) is 0 Å². The van der Waals surface area contributed by atoms with Crippen LogP contribution in [0.25, 0.3) is 10.8 Å². The molecule has 1 aromatic heterocycles. The summed E-state index contributed by atoms with van der Waals surface area (Å²) < 4.78 is 38.4. The smallest absolute Gasteiger partial charge is 0.272 e. The average molecular weight is 1030 g/mol. The first-order valence-electron chi connectivity index (χ1n) is 27.5. The summed E-state index contributed by atoms with van der Waals surface area (Å²) in [6.07, 6.45) is 11.0. The van der Waals surface area contributed by atoms with E-state index >= 15 is 8.78 Å². The van der Waals surface area contributed by atoms with Gasteiger partial charge in [-0.1, -0.05) is 62.6 Å². The molecule has 10 rings (SSSR count). The molecule has 0 bridgehead atoms. The Kier molecular flexibility index (Phi) is 15.5. The number of piperazine rings is 1. The van der Waals surface area contributed by atoms with Crippen molar-refractivity contribution >= 4 is 40.3 Å². The van der Waals surface area contributed by atoms with Crippen LogP contribution in [0.2, 0.25) is 0 Å². The van der Waals surface area contributed by atoms with Gasteiger partial charge in [-0.3, -0.25) is 33.7 Å². The number of nitrogens with one attached hydrogen (secondary N) is 2. The fraction of sp³-hybridized carbons (Fsp3) is 0.569. The van der Waals surface area contributed by atoms with Crippen molar-refractivity contribution in [3.8, 4) is 0 Å². The molecular formula is C58H72F2N8O7. The van der Waals surface area contributed by atoms with Crippen LogP contribution >= 0.6 is 0 Å². The van der Waals surface area contributed by atoms with Crippen molar-refractivity contribution in [2.75, 3.05) is 72.0 Å². The number of hydrogen-bond donors (Lipinski definition) is 2. The van der Waals surface area contributed by atoms with Gasteiger partial charge in [0, 0.05) is 88.6 Å². The molecule has 0 radical (unpaired) electrons. The van der Waals surface area contributed by atoms with E-state index in [0.29, 0.717) is 99.2 Å². The van der Waals surface area contributed by atoms with Crippen LogP contribution in [0.3, 0.4) is 0 Å². The number of aromatic amines is 1. The monoisotopic (exact) mass is 1030 g/mol. The highest BCUT2D eigenvalue weighted by Crippen LogP contribution is 2.47. The van der Waals surface area contributed by atoms with Crippen LogP contribution in [0.15, 0.2) is 65.5 Å². The normalized spacial score (nSPS) is 21.9. The van der Waals surface area contributed by atoms with Crippen molar-refractivity contribution in [1.82, 2.24) is 40.0 Å². The Morgan fingerprint density at radius 1 is 0.733 bits per heavy atom. The SMILES string of the molecule is CC1(OC2CCN(CC(=O)N3CCN(C(=O)c4cc(Cc5n[nH]c(=O)c6ccccc56)ccc4F)CC3)CC2)CCN(C(=O)[C@H](NC(=O)c2cccc(C3CCCN(C(=O)C4(C)CC4)C3)c2F)C2CCCCC2)CC1. The Labute approximate surface area is 437 Å². The average Bonchev–Trinajstić information content (AvgIpc) is 4.20. The van der Waals surface area contributed by atoms with Crippen molar-refractivity contribution in [1.29, 1.82) is 0 Å². The van der Waals surface area contributed by atoms with E-state index in [4.69, 9.17) is 4.74 Å². The first kappa shape index (κ1) is 52.4. The zero-order valence-corrected chi connectivity index (χ0v) is 43.6. The van der Waals surface area contributed by atoms with Crippen LogP contribution in [0.1, 0.15) is 141 Å². The molecule has 2 aliphatic carbocycles. The maximum Gasteiger partial charge on any atom is 0.272 e. The Hall–Kier alpha value is -6.07. The third-order valence-corrected chi connectivity index (χ3v) is 17.4. The summed E-state index contributed by atoms with van der Waals surface area (Å²) in [6, 6.07) is 15.8. The maximum absolute atomic E-state index is 16.4. The Balaban J connectivity index is 0.676. The lowest BCUT2D eigenvalue weighted by Gasteiger charge is -2.44.